The molecule has 0 saturated carbocycles. The largest absolute Gasteiger partial charge is 0.468 e. The summed E-state index contributed by atoms with van der Waals surface area (Å²) in [4.78, 5) is 53.4. The number of nitrogens with zero attached hydrogens (tertiary/aromatic N) is 1. The van der Waals surface area contributed by atoms with Crippen molar-refractivity contribution in [3.63, 3.8) is 0 Å². The maximum Gasteiger partial charge on any atom is 0.408 e. The number of rotatable bonds is 10. The van der Waals surface area contributed by atoms with Gasteiger partial charge in [0.1, 0.15) is 24.2 Å². The summed E-state index contributed by atoms with van der Waals surface area (Å²) in [5, 5.41) is 5.31. The molecule has 0 aliphatic heterocycles. The van der Waals surface area contributed by atoms with E-state index in [1.54, 1.807) is 20.8 Å². The Kier molecular flexibility index (Phi) is 11.4. The number of aryl methyl sites for hydroxylation is 2. The second kappa shape index (κ2) is 13.3. The van der Waals surface area contributed by atoms with Gasteiger partial charge in [0, 0.05) is 6.04 Å². The third kappa shape index (κ3) is 9.17. The highest BCUT2D eigenvalue weighted by Crippen LogP contribution is 2.28. The number of alkyl carbamates (subject to hydrolysis) is 1. The SMILES string of the molecule is CCC(C)N(C(=O)C(NC(=O)OC(C)(C)C)C(C)C)C(C(=O)NCC(=O)OC)c1cc(C)cc(C)c1. The van der Waals surface area contributed by atoms with Crippen molar-refractivity contribution in [3.05, 3.63) is 34.9 Å². The molecule has 36 heavy (non-hydrogen) atoms. The van der Waals surface area contributed by atoms with Gasteiger partial charge in [0.15, 0.2) is 0 Å². The zero-order chi connectivity index (χ0) is 27.8. The molecule has 2 N–H and O–H groups in total. The second-order valence-corrected chi connectivity index (χ2v) is 10.5. The van der Waals surface area contributed by atoms with E-state index in [1.807, 2.05) is 59.7 Å². The Bertz CT molecular complexity index is 918. The van der Waals surface area contributed by atoms with Gasteiger partial charge in [-0.1, -0.05) is 50.1 Å². The first-order chi connectivity index (χ1) is 16.6. The first-order valence-corrected chi connectivity index (χ1v) is 12.4. The normalized spacial score (nSPS) is 13.9. The van der Waals surface area contributed by atoms with Crippen molar-refractivity contribution in [3.8, 4) is 0 Å². The van der Waals surface area contributed by atoms with Crippen LogP contribution < -0.4 is 10.6 Å². The second-order valence-electron chi connectivity index (χ2n) is 10.5. The third-order valence-electron chi connectivity index (χ3n) is 5.65. The van der Waals surface area contributed by atoms with Crippen LogP contribution in [-0.4, -0.2) is 60.1 Å². The van der Waals surface area contributed by atoms with E-state index in [0.717, 1.165) is 11.1 Å². The van der Waals surface area contributed by atoms with Crippen molar-refractivity contribution in [2.45, 2.75) is 92.5 Å². The Morgan fingerprint density at radius 3 is 2.00 bits per heavy atom. The maximum atomic E-state index is 14.1. The average molecular weight is 506 g/mol. The molecule has 0 fully saturated rings. The molecule has 3 amide bonds. The number of esters is 1. The minimum atomic E-state index is -1.03. The average Bonchev–Trinajstić information content (AvgIpc) is 2.76. The van der Waals surface area contributed by atoms with Crippen LogP contribution in [0, 0.1) is 19.8 Å². The van der Waals surface area contributed by atoms with Gasteiger partial charge in [-0.15, -0.1) is 0 Å². The summed E-state index contributed by atoms with van der Waals surface area (Å²) in [5.74, 6) is -1.81. The van der Waals surface area contributed by atoms with Crippen molar-refractivity contribution in [1.82, 2.24) is 15.5 Å². The van der Waals surface area contributed by atoms with Crippen molar-refractivity contribution in [2.24, 2.45) is 5.92 Å². The van der Waals surface area contributed by atoms with Crippen LogP contribution in [0.4, 0.5) is 4.79 Å². The summed E-state index contributed by atoms with van der Waals surface area (Å²) in [6, 6.07) is 3.36. The van der Waals surface area contributed by atoms with E-state index in [9.17, 15) is 19.2 Å². The lowest BCUT2D eigenvalue weighted by atomic mass is 9.95. The lowest BCUT2D eigenvalue weighted by molar-refractivity contribution is -0.147. The molecule has 1 aromatic carbocycles. The number of carbonyl (C=O) groups excluding carboxylic acids is 4. The minimum Gasteiger partial charge on any atom is -0.468 e. The van der Waals surface area contributed by atoms with Crippen LogP contribution in [0.3, 0.4) is 0 Å². The lowest BCUT2D eigenvalue weighted by Crippen LogP contribution is -2.57. The summed E-state index contributed by atoms with van der Waals surface area (Å²) in [6.45, 7) is 16.1. The highest BCUT2D eigenvalue weighted by atomic mass is 16.6. The Labute approximate surface area is 215 Å². The van der Waals surface area contributed by atoms with Gasteiger partial charge in [-0.3, -0.25) is 14.4 Å². The topological polar surface area (TPSA) is 114 Å². The molecule has 0 heterocycles. The zero-order valence-electron chi connectivity index (χ0n) is 23.4. The molecule has 9 nitrogen and oxygen atoms in total. The molecule has 0 aliphatic rings. The lowest BCUT2D eigenvalue weighted by Gasteiger charge is -2.39. The Morgan fingerprint density at radius 1 is 1.00 bits per heavy atom. The van der Waals surface area contributed by atoms with Gasteiger partial charge in [0.05, 0.1) is 7.11 Å². The first kappa shape index (κ1) is 30.9. The molecule has 0 aliphatic carbocycles. The van der Waals surface area contributed by atoms with Crippen LogP contribution in [0.5, 0.6) is 0 Å². The zero-order valence-corrected chi connectivity index (χ0v) is 23.4. The summed E-state index contributed by atoms with van der Waals surface area (Å²) in [7, 11) is 1.24. The van der Waals surface area contributed by atoms with Crippen molar-refractivity contribution >= 4 is 23.9 Å². The summed E-state index contributed by atoms with van der Waals surface area (Å²) >= 11 is 0. The van der Waals surface area contributed by atoms with Crippen LogP contribution in [0.2, 0.25) is 0 Å². The van der Waals surface area contributed by atoms with Crippen molar-refractivity contribution < 1.29 is 28.7 Å². The van der Waals surface area contributed by atoms with Crippen LogP contribution in [0.25, 0.3) is 0 Å². The van der Waals surface area contributed by atoms with Crippen molar-refractivity contribution in [1.29, 1.82) is 0 Å². The van der Waals surface area contributed by atoms with Crippen LogP contribution in [0.1, 0.15) is 77.6 Å². The Hall–Kier alpha value is -3.10. The minimum absolute atomic E-state index is 0.283. The summed E-state index contributed by atoms with van der Waals surface area (Å²) in [6.07, 6.45) is -0.147. The monoisotopic (exact) mass is 505 g/mol. The van der Waals surface area contributed by atoms with E-state index in [2.05, 4.69) is 15.4 Å². The van der Waals surface area contributed by atoms with Gasteiger partial charge in [-0.05, 0) is 59.4 Å². The molecule has 0 saturated heterocycles. The fraction of sp³-hybridized carbons (Fsp3) is 0.630. The molecule has 202 valence electrons. The van der Waals surface area contributed by atoms with Crippen LogP contribution in [0.15, 0.2) is 18.2 Å². The number of carbonyl (C=O) groups is 4. The van der Waals surface area contributed by atoms with E-state index in [4.69, 9.17) is 4.74 Å². The Balaban J connectivity index is 3.57. The molecule has 0 bridgehead atoms. The number of hydrogen-bond acceptors (Lipinski definition) is 6. The molecular formula is C27H43N3O6. The molecule has 0 aromatic heterocycles. The molecular weight excluding hydrogens is 462 g/mol. The molecule has 9 heteroatoms. The first-order valence-electron chi connectivity index (χ1n) is 12.4. The van der Waals surface area contributed by atoms with E-state index < -0.39 is 41.6 Å². The number of amides is 3. The van der Waals surface area contributed by atoms with Crippen molar-refractivity contribution in [2.75, 3.05) is 13.7 Å². The molecule has 1 rings (SSSR count). The highest BCUT2D eigenvalue weighted by molar-refractivity contribution is 5.93. The predicted molar refractivity (Wildman–Crippen MR) is 138 cm³/mol. The number of methoxy groups -OCH3 is 1. The van der Waals surface area contributed by atoms with E-state index >= 15 is 0 Å². The molecule has 1 aromatic rings. The number of benzene rings is 1. The van der Waals surface area contributed by atoms with Gasteiger partial charge < -0.3 is 25.0 Å². The fourth-order valence-electron chi connectivity index (χ4n) is 3.84. The third-order valence-corrected chi connectivity index (χ3v) is 5.65. The molecule has 3 atom stereocenters. The standard InChI is InChI=1S/C27H43N3O6/c1-11-19(6)30(25(33)22(16(2)3)29-26(34)36-27(7,8)9)23(24(32)28-15-21(31)35-10)20-13-17(4)12-18(5)14-20/h12-14,16,19,22-23H,11,15H2,1-10H3,(H,28,32)(H,29,34). The maximum absolute atomic E-state index is 14.1. The van der Waals surface area contributed by atoms with Gasteiger partial charge in [-0.2, -0.15) is 0 Å². The predicted octanol–water partition coefficient (Wildman–Crippen LogP) is 3.81. The van der Waals surface area contributed by atoms with E-state index in [-0.39, 0.29) is 18.5 Å². The number of ether oxygens (including phenoxy) is 2. The van der Waals surface area contributed by atoms with E-state index in [0.29, 0.717) is 12.0 Å². The highest BCUT2D eigenvalue weighted by Gasteiger charge is 2.39. The number of hydrogen-bond donors (Lipinski definition) is 2. The molecule has 3 unspecified atom stereocenters. The summed E-state index contributed by atoms with van der Waals surface area (Å²) < 4.78 is 10.0. The molecule has 0 radical (unpaired) electrons. The summed E-state index contributed by atoms with van der Waals surface area (Å²) in [5.41, 5.74) is 1.74. The van der Waals surface area contributed by atoms with Crippen LogP contribution in [-0.2, 0) is 23.9 Å². The fourth-order valence-corrected chi connectivity index (χ4v) is 3.84. The van der Waals surface area contributed by atoms with Crippen LogP contribution >= 0.6 is 0 Å². The van der Waals surface area contributed by atoms with Gasteiger partial charge in [0.2, 0.25) is 11.8 Å². The smallest absolute Gasteiger partial charge is 0.408 e. The molecule has 0 spiro atoms. The van der Waals surface area contributed by atoms with Gasteiger partial charge in [0.25, 0.3) is 0 Å². The van der Waals surface area contributed by atoms with Gasteiger partial charge in [-0.25, -0.2) is 4.79 Å². The van der Waals surface area contributed by atoms with Gasteiger partial charge >= 0.3 is 12.1 Å². The quantitative estimate of drug-likeness (QED) is 0.468. The van der Waals surface area contributed by atoms with E-state index in [1.165, 1.54) is 12.0 Å². The number of nitrogens with one attached hydrogen (secondary N) is 2. The Morgan fingerprint density at radius 2 is 1.56 bits per heavy atom.